The van der Waals surface area contributed by atoms with Gasteiger partial charge in [-0.25, -0.2) is 0 Å². The van der Waals surface area contributed by atoms with E-state index in [-0.39, 0.29) is 11.9 Å². The van der Waals surface area contributed by atoms with Gasteiger partial charge in [-0.15, -0.1) is 0 Å². The van der Waals surface area contributed by atoms with Gasteiger partial charge in [0, 0.05) is 31.4 Å². The molecule has 3 rings (SSSR count). The number of carbonyl (C=O) groups excluding carboxylic acids is 1. The van der Waals surface area contributed by atoms with Crippen molar-refractivity contribution in [2.45, 2.75) is 52.0 Å². The Bertz CT molecular complexity index is 601. The van der Waals surface area contributed by atoms with E-state index in [0.717, 1.165) is 44.5 Å². The van der Waals surface area contributed by atoms with Crippen LogP contribution in [0.5, 0.6) is 0 Å². The zero-order chi connectivity index (χ0) is 17.1. The fraction of sp³-hybridized carbons (Fsp3) is 0.706. The van der Waals surface area contributed by atoms with Gasteiger partial charge in [-0.3, -0.25) is 9.69 Å². The molecule has 132 valence electrons. The molecule has 7 nitrogen and oxygen atoms in total. The first kappa shape index (κ1) is 17.0. The predicted molar refractivity (Wildman–Crippen MR) is 94.0 cm³/mol. The van der Waals surface area contributed by atoms with Crippen LogP contribution in [0.4, 0.5) is 17.6 Å². The quantitative estimate of drug-likeness (QED) is 0.827. The Kier molecular flexibility index (Phi) is 5.18. The molecule has 0 spiro atoms. The van der Waals surface area contributed by atoms with Crippen LogP contribution < -0.4 is 16.0 Å². The number of nitrogens with one attached hydrogen (secondary N) is 1. The maximum atomic E-state index is 12.4. The van der Waals surface area contributed by atoms with Gasteiger partial charge in [0.1, 0.15) is 11.6 Å². The molecule has 0 bridgehead atoms. The van der Waals surface area contributed by atoms with Gasteiger partial charge in [-0.2, -0.15) is 9.97 Å². The third kappa shape index (κ3) is 3.61. The zero-order valence-electron chi connectivity index (χ0n) is 14.5. The van der Waals surface area contributed by atoms with Gasteiger partial charge in [-0.05, 0) is 32.1 Å². The number of nitrogens with zero attached hydrogens (tertiary/aromatic N) is 3. The van der Waals surface area contributed by atoms with Crippen molar-refractivity contribution in [3.8, 4) is 0 Å². The number of amides is 1. The predicted octanol–water partition coefficient (Wildman–Crippen LogP) is 1.98. The number of nitrogen functional groups attached to an aromatic ring is 1. The van der Waals surface area contributed by atoms with E-state index in [9.17, 15) is 4.79 Å². The first-order chi connectivity index (χ1) is 11.6. The summed E-state index contributed by atoms with van der Waals surface area (Å²) in [4.78, 5) is 23.2. The van der Waals surface area contributed by atoms with E-state index in [0.29, 0.717) is 36.5 Å². The van der Waals surface area contributed by atoms with Crippen LogP contribution in [0.25, 0.3) is 0 Å². The maximum Gasteiger partial charge on any atom is 0.232 e. The topological polar surface area (TPSA) is 93.4 Å². The standard InChI is InChI=1S/C17H27N5O2/c1-3-4-11(2)19-17-20-15(18)13-9-14(23)22(16(13)21-17)10-12-5-7-24-8-6-12/h11-12H,3-10H2,1-2H3,(H3,18,19,20,21). The normalized spacial score (nSPS) is 19.4. The first-order valence-corrected chi connectivity index (χ1v) is 8.89. The molecule has 0 aliphatic carbocycles. The van der Waals surface area contributed by atoms with Crippen molar-refractivity contribution in [3.63, 3.8) is 0 Å². The lowest BCUT2D eigenvalue weighted by molar-refractivity contribution is -0.117. The molecular weight excluding hydrogens is 306 g/mol. The minimum absolute atomic E-state index is 0.0660. The van der Waals surface area contributed by atoms with Crippen LogP contribution in [0, 0.1) is 5.92 Å². The maximum absolute atomic E-state index is 12.4. The molecular formula is C17H27N5O2. The lowest BCUT2D eigenvalue weighted by Crippen LogP contribution is -2.35. The molecule has 1 atom stereocenters. The number of ether oxygens (including phenoxy) is 1. The van der Waals surface area contributed by atoms with Gasteiger partial charge in [0.05, 0.1) is 6.42 Å². The molecule has 3 heterocycles. The van der Waals surface area contributed by atoms with Crippen molar-refractivity contribution >= 4 is 23.5 Å². The smallest absolute Gasteiger partial charge is 0.232 e. The van der Waals surface area contributed by atoms with Gasteiger partial charge < -0.3 is 15.8 Å². The number of nitrogens with two attached hydrogens (primary N) is 1. The summed E-state index contributed by atoms with van der Waals surface area (Å²) in [6.45, 7) is 6.47. The molecule has 2 aliphatic heterocycles. The van der Waals surface area contributed by atoms with E-state index in [2.05, 4.69) is 29.1 Å². The first-order valence-electron chi connectivity index (χ1n) is 8.89. The van der Waals surface area contributed by atoms with Crippen LogP contribution in [0.1, 0.15) is 45.1 Å². The summed E-state index contributed by atoms with van der Waals surface area (Å²) >= 11 is 0. The highest BCUT2D eigenvalue weighted by Crippen LogP contribution is 2.33. The lowest BCUT2D eigenvalue weighted by atomic mass is 10.00. The Morgan fingerprint density at radius 2 is 2.12 bits per heavy atom. The van der Waals surface area contributed by atoms with Crippen LogP contribution >= 0.6 is 0 Å². The molecule has 7 heteroatoms. The van der Waals surface area contributed by atoms with Crippen LogP contribution in [-0.4, -0.2) is 41.7 Å². The number of anilines is 3. The fourth-order valence-electron chi connectivity index (χ4n) is 3.41. The molecule has 1 aromatic rings. The van der Waals surface area contributed by atoms with E-state index in [1.54, 1.807) is 4.90 Å². The highest BCUT2D eigenvalue weighted by atomic mass is 16.5. The van der Waals surface area contributed by atoms with Crippen LogP contribution in [0.3, 0.4) is 0 Å². The van der Waals surface area contributed by atoms with Crippen LogP contribution in [-0.2, 0) is 16.0 Å². The number of carbonyl (C=O) groups is 1. The minimum Gasteiger partial charge on any atom is -0.383 e. The molecule has 0 aromatic carbocycles. The van der Waals surface area contributed by atoms with Gasteiger partial charge in [0.15, 0.2) is 0 Å². The number of rotatable bonds is 6. The van der Waals surface area contributed by atoms with Crippen LogP contribution in [0.2, 0.25) is 0 Å². The highest BCUT2D eigenvalue weighted by molar-refractivity contribution is 6.01. The molecule has 3 N–H and O–H groups in total. The van der Waals surface area contributed by atoms with E-state index in [1.807, 2.05) is 0 Å². The van der Waals surface area contributed by atoms with E-state index in [1.165, 1.54) is 0 Å². The fourth-order valence-corrected chi connectivity index (χ4v) is 3.41. The van der Waals surface area contributed by atoms with Crippen molar-refractivity contribution < 1.29 is 9.53 Å². The number of fused-ring (bicyclic) bond motifs is 1. The van der Waals surface area contributed by atoms with Crippen molar-refractivity contribution in [1.82, 2.24) is 9.97 Å². The van der Waals surface area contributed by atoms with Crippen molar-refractivity contribution in [2.75, 3.05) is 35.7 Å². The Hall–Kier alpha value is -1.89. The molecule has 1 unspecified atom stereocenters. The van der Waals surface area contributed by atoms with Crippen molar-refractivity contribution in [2.24, 2.45) is 5.92 Å². The molecule has 0 radical (unpaired) electrons. The lowest BCUT2D eigenvalue weighted by Gasteiger charge is -2.27. The van der Waals surface area contributed by atoms with E-state index in [4.69, 9.17) is 10.5 Å². The summed E-state index contributed by atoms with van der Waals surface area (Å²) in [5.41, 5.74) is 6.85. The van der Waals surface area contributed by atoms with Gasteiger partial charge in [0.2, 0.25) is 11.9 Å². The molecule has 24 heavy (non-hydrogen) atoms. The zero-order valence-corrected chi connectivity index (χ0v) is 14.5. The van der Waals surface area contributed by atoms with E-state index >= 15 is 0 Å². The third-order valence-electron chi connectivity index (χ3n) is 4.78. The summed E-state index contributed by atoms with van der Waals surface area (Å²) in [7, 11) is 0. The van der Waals surface area contributed by atoms with Crippen molar-refractivity contribution in [3.05, 3.63) is 5.56 Å². The largest absolute Gasteiger partial charge is 0.383 e. The highest BCUT2D eigenvalue weighted by Gasteiger charge is 2.33. The summed E-state index contributed by atoms with van der Waals surface area (Å²) in [5.74, 6) is 2.13. The Morgan fingerprint density at radius 1 is 1.38 bits per heavy atom. The summed E-state index contributed by atoms with van der Waals surface area (Å²) in [6.07, 6.45) is 4.39. The Balaban J connectivity index is 1.79. The average Bonchev–Trinajstić information content (AvgIpc) is 2.86. The van der Waals surface area contributed by atoms with Gasteiger partial charge >= 0.3 is 0 Å². The van der Waals surface area contributed by atoms with E-state index < -0.39 is 0 Å². The second-order valence-electron chi connectivity index (χ2n) is 6.81. The summed E-state index contributed by atoms with van der Waals surface area (Å²) < 4.78 is 5.41. The monoisotopic (exact) mass is 333 g/mol. The second kappa shape index (κ2) is 7.34. The number of aromatic nitrogens is 2. The molecule has 2 aliphatic rings. The molecule has 0 saturated carbocycles. The second-order valence-corrected chi connectivity index (χ2v) is 6.81. The third-order valence-corrected chi connectivity index (χ3v) is 4.78. The Labute approximate surface area is 143 Å². The van der Waals surface area contributed by atoms with Gasteiger partial charge in [0.25, 0.3) is 0 Å². The molecule has 1 amide bonds. The minimum atomic E-state index is 0.0660. The summed E-state index contributed by atoms with van der Waals surface area (Å²) in [5, 5.41) is 3.29. The van der Waals surface area contributed by atoms with Crippen molar-refractivity contribution in [1.29, 1.82) is 0 Å². The Morgan fingerprint density at radius 3 is 2.83 bits per heavy atom. The molecule has 1 fully saturated rings. The van der Waals surface area contributed by atoms with Crippen LogP contribution in [0.15, 0.2) is 0 Å². The average molecular weight is 333 g/mol. The number of hydrogen-bond acceptors (Lipinski definition) is 6. The summed E-state index contributed by atoms with van der Waals surface area (Å²) in [6, 6.07) is 0.272. The number of hydrogen-bond donors (Lipinski definition) is 2. The SMILES string of the molecule is CCCC(C)Nc1nc(N)c2c(n1)N(CC1CCOCC1)C(=O)C2. The molecule has 1 saturated heterocycles. The molecule has 1 aromatic heterocycles. The van der Waals surface area contributed by atoms with Gasteiger partial charge in [-0.1, -0.05) is 13.3 Å².